The minimum atomic E-state index is -0.940. The molecule has 0 bridgehead atoms. The Kier molecular flexibility index (Phi) is 5.81. The van der Waals surface area contributed by atoms with Gasteiger partial charge in [-0.1, -0.05) is 47.5 Å². The largest absolute Gasteiger partial charge is 0.480 e. The van der Waals surface area contributed by atoms with E-state index in [2.05, 4.69) is 10.3 Å². The van der Waals surface area contributed by atoms with Crippen molar-refractivity contribution in [2.45, 2.75) is 19.4 Å². The molecule has 1 heterocycles. The van der Waals surface area contributed by atoms with Gasteiger partial charge in [-0.15, -0.1) is 11.3 Å². The van der Waals surface area contributed by atoms with E-state index in [1.165, 1.54) is 11.3 Å². The number of halogens is 2. The van der Waals surface area contributed by atoms with Crippen molar-refractivity contribution in [2.75, 3.05) is 5.32 Å². The van der Waals surface area contributed by atoms with Gasteiger partial charge < -0.3 is 10.4 Å². The number of hydrogen-bond donors (Lipinski definition) is 2. The molecule has 7 heteroatoms. The highest BCUT2D eigenvalue weighted by atomic mass is 35.5. The number of anilines is 1. The summed E-state index contributed by atoms with van der Waals surface area (Å²) in [6.07, 6.45) is 0.326. The minimum Gasteiger partial charge on any atom is -0.480 e. The van der Waals surface area contributed by atoms with Gasteiger partial charge >= 0.3 is 5.97 Å². The lowest BCUT2D eigenvalue weighted by atomic mass is 10.1. The normalized spacial score (nSPS) is 12.0. The topological polar surface area (TPSA) is 62.2 Å². The zero-order valence-electron chi connectivity index (χ0n) is 13.9. The Balaban J connectivity index is 1.77. The van der Waals surface area contributed by atoms with E-state index in [0.29, 0.717) is 21.6 Å². The van der Waals surface area contributed by atoms with Gasteiger partial charge in [0.2, 0.25) is 0 Å². The molecule has 3 rings (SSSR count). The third-order valence-corrected chi connectivity index (χ3v) is 5.19. The lowest BCUT2D eigenvalue weighted by Gasteiger charge is -2.13. The molecular weight excluding hydrogens is 391 g/mol. The summed E-state index contributed by atoms with van der Waals surface area (Å²) in [5, 5.41) is 16.2. The van der Waals surface area contributed by atoms with Crippen molar-refractivity contribution in [1.82, 2.24) is 4.98 Å². The van der Waals surface area contributed by atoms with Gasteiger partial charge in [-0.2, -0.15) is 0 Å². The molecule has 0 aliphatic carbocycles. The SMILES string of the molecule is Cc1ccc(-c2csc(NC(Cc3ccc(Cl)cc3)C(=O)O)n2)c(Cl)c1. The second-order valence-corrected chi connectivity index (χ2v) is 7.59. The Bertz CT molecular complexity index is 926. The molecule has 134 valence electrons. The molecule has 4 nitrogen and oxygen atoms in total. The fourth-order valence-corrected chi connectivity index (χ4v) is 3.72. The summed E-state index contributed by atoms with van der Waals surface area (Å²) in [6, 6.07) is 12.1. The number of carbonyl (C=O) groups is 1. The van der Waals surface area contributed by atoms with Crippen LogP contribution in [0.3, 0.4) is 0 Å². The zero-order valence-corrected chi connectivity index (χ0v) is 16.2. The van der Waals surface area contributed by atoms with Crippen molar-refractivity contribution in [2.24, 2.45) is 0 Å². The first-order valence-corrected chi connectivity index (χ1v) is 9.52. The third-order valence-electron chi connectivity index (χ3n) is 3.85. The molecule has 2 N–H and O–H groups in total. The number of hydrogen-bond acceptors (Lipinski definition) is 4. The van der Waals surface area contributed by atoms with Crippen LogP contribution in [0, 0.1) is 6.92 Å². The van der Waals surface area contributed by atoms with Gasteiger partial charge in [-0.05, 0) is 36.2 Å². The maximum atomic E-state index is 11.6. The van der Waals surface area contributed by atoms with Gasteiger partial charge in [-0.3, -0.25) is 0 Å². The van der Waals surface area contributed by atoms with E-state index in [9.17, 15) is 9.90 Å². The average Bonchev–Trinajstić information content (AvgIpc) is 3.04. The van der Waals surface area contributed by atoms with E-state index in [4.69, 9.17) is 23.2 Å². The van der Waals surface area contributed by atoms with Gasteiger partial charge in [0, 0.05) is 22.4 Å². The fraction of sp³-hybridized carbons (Fsp3) is 0.158. The molecule has 26 heavy (non-hydrogen) atoms. The molecule has 0 saturated carbocycles. The molecule has 0 radical (unpaired) electrons. The monoisotopic (exact) mass is 406 g/mol. The lowest BCUT2D eigenvalue weighted by Crippen LogP contribution is -2.31. The van der Waals surface area contributed by atoms with E-state index in [1.54, 1.807) is 12.1 Å². The third kappa shape index (κ3) is 4.55. The van der Waals surface area contributed by atoms with Crippen LogP contribution in [0.4, 0.5) is 5.13 Å². The van der Waals surface area contributed by atoms with E-state index in [1.807, 2.05) is 42.6 Å². The van der Waals surface area contributed by atoms with Crippen LogP contribution in [0.1, 0.15) is 11.1 Å². The molecular formula is C19H16Cl2N2O2S. The van der Waals surface area contributed by atoms with Crippen LogP contribution in [-0.2, 0) is 11.2 Å². The number of nitrogens with zero attached hydrogens (tertiary/aromatic N) is 1. The lowest BCUT2D eigenvalue weighted by molar-refractivity contribution is -0.137. The van der Waals surface area contributed by atoms with Crippen LogP contribution in [0.2, 0.25) is 10.0 Å². The van der Waals surface area contributed by atoms with E-state index >= 15 is 0 Å². The van der Waals surface area contributed by atoms with Crippen molar-refractivity contribution in [3.63, 3.8) is 0 Å². The van der Waals surface area contributed by atoms with Crippen molar-refractivity contribution < 1.29 is 9.90 Å². The second-order valence-electron chi connectivity index (χ2n) is 5.89. The predicted molar refractivity (Wildman–Crippen MR) is 107 cm³/mol. The Labute approximate surface area is 165 Å². The maximum absolute atomic E-state index is 11.6. The second kappa shape index (κ2) is 8.08. The Hall–Kier alpha value is -2.08. The summed E-state index contributed by atoms with van der Waals surface area (Å²) < 4.78 is 0. The number of aryl methyl sites for hydroxylation is 1. The summed E-state index contributed by atoms with van der Waals surface area (Å²) in [6.45, 7) is 1.97. The first kappa shape index (κ1) is 18.7. The first-order chi connectivity index (χ1) is 12.4. The molecule has 0 amide bonds. The van der Waals surface area contributed by atoms with Gasteiger partial charge in [0.1, 0.15) is 6.04 Å². The highest BCUT2D eigenvalue weighted by Gasteiger charge is 2.20. The minimum absolute atomic E-state index is 0.326. The summed E-state index contributed by atoms with van der Waals surface area (Å²) in [7, 11) is 0. The van der Waals surface area contributed by atoms with Crippen LogP contribution in [0.25, 0.3) is 11.3 Å². The van der Waals surface area contributed by atoms with Gasteiger partial charge in [-0.25, -0.2) is 9.78 Å². The number of rotatable bonds is 6. The molecule has 0 aliphatic rings. The van der Waals surface area contributed by atoms with Crippen molar-refractivity contribution in [1.29, 1.82) is 0 Å². The van der Waals surface area contributed by atoms with Crippen molar-refractivity contribution >= 4 is 45.6 Å². The van der Waals surface area contributed by atoms with Crippen LogP contribution < -0.4 is 5.32 Å². The van der Waals surface area contributed by atoms with Crippen molar-refractivity contribution in [3.05, 3.63) is 69.0 Å². The molecule has 2 aromatic carbocycles. The summed E-state index contributed by atoms with van der Waals surface area (Å²) in [5.41, 5.74) is 3.50. The molecule has 1 atom stereocenters. The first-order valence-electron chi connectivity index (χ1n) is 7.88. The smallest absolute Gasteiger partial charge is 0.326 e. The summed E-state index contributed by atoms with van der Waals surface area (Å²) in [5.74, 6) is -0.940. The van der Waals surface area contributed by atoms with Crippen LogP contribution in [0.5, 0.6) is 0 Å². The number of thiazole rings is 1. The Morgan fingerprint density at radius 1 is 1.23 bits per heavy atom. The fourth-order valence-electron chi connectivity index (χ4n) is 2.50. The number of benzene rings is 2. The molecule has 0 aliphatic heterocycles. The number of carboxylic acids is 1. The van der Waals surface area contributed by atoms with Gasteiger partial charge in [0.15, 0.2) is 5.13 Å². The highest BCUT2D eigenvalue weighted by molar-refractivity contribution is 7.14. The maximum Gasteiger partial charge on any atom is 0.326 e. The highest BCUT2D eigenvalue weighted by Crippen LogP contribution is 2.31. The van der Waals surface area contributed by atoms with E-state index < -0.39 is 12.0 Å². The van der Waals surface area contributed by atoms with Crippen molar-refractivity contribution in [3.8, 4) is 11.3 Å². The molecule has 3 aromatic rings. The van der Waals surface area contributed by atoms with E-state index in [-0.39, 0.29) is 0 Å². The number of aliphatic carboxylic acids is 1. The van der Waals surface area contributed by atoms with Crippen LogP contribution in [0.15, 0.2) is 47.8 Å². The predicted octanol–water partition coefficient (Wildman–Crippen LogP) is 5.53. The average molecular weight is 407 g/mol. The number of carboxylic acid groups (broad SMARTS) is 1. The summed E-state index contributed by atoms with van der Waals surface area (Å²) >= 11 is 13.5. The number of nitrogens with one attached hydrogen (secondary N) is 1. The van der Waals surface area contributed by atoms with E-state index in [0.717, 1.165) is 22.4 Å². The van der Waals surface area contributed by atoms with Gasteiger partial charge in [0.05, 0.1) is 10.7 Å². The number of aromatic nitrogens is 1. The summed E-state index contributed by atoms with van der Waals surface area (Å²) in [4.78, 5) is 16.1. The molecule has 1 unspecified atom stereocenters. The Morgan fingerprint density at radius 2 is 1.96 bits per heavy atom. The van der Waals surface area contributed by atoms with Crippen LogP contribution >= 0.6 is 34.5 Å². The quantitative estimate of drug-likeness (QED) is 0.564. The standard InChI is InChI=1S/C19H16Cl2N2O2S/c1-11-2-7-14(15(21)8-11)17-10-26-19(23-17)22-16(18(24)25)9-12-3-5-13(20)6-4-12/h2-8,10,16H,9H2,1H3,(H,22,23)(H,24,25). The molecule has 0 fully saturated rings. The van der Waals surface area contributed by atoms with Gasteiger partial charge in [0.25, 0.3) is 0 Å². The van der Waals surface area contributed by atoms with Crippen LogP contribution in [-0.4, -0.2) is 22.1 Å². The molecule has 0 spiro atoms. The molecule has 0 saturated heterocycles. The molecule has 1 aromatic heterocycles. The zero-order chi connectivity index (χ0) is 18.7. The Morgan fingerprint density at radius 3 is 2.62 bits per heavy atom.